The van der Waals surface area contributed by atoms with Crippen molar-refractivity contribution in [2.45, 2.75) is 20.8 Å². The van der Waals surface area contributed by atoms with E-state index in [1.54, 1.807) is 25.6 Å². The van der Waals surface area contributed by atoms with Crippen LogP contribution in [0.25, 0.3) is 38.6 Å². The lowest BCUT2D eigenvalue weighted by Gasteiger charge is -2.14. The SMILES string of the molecule is CCOc1ccc(-c2coc3c(C)c(OC)c(/C(C)=C/C(=O)Nc4cccc5ncccc45)cc23)cc1. The molecule has 2 heterocycles. The molecule has 37 heavy (non-hydrogen) atoms. The molecule has 3 aromatic carbocycles. The number of pyridine rings is 1. The van der Waals surface area contributed by atoms with Crippen LogP contribution >= 0.6 is 0 Å². The number of ether oxygens (including phenoxy) is 2. The van der Waals surface area contributed by atoms with Crippen LogP contribution in [-0.4, -0.2) is 24.6 Å². The summed E-state index contributed by atoms with van der Waals surface area (Å²) in [6, 6.07) is 19.4. The van der Waals surface area contributed by atoms with E-state index < -0.39 is 0 Å². The van der Waals surface area contributed by atoms with E-state index in [0.29, 0.717) is 18.0 Å². The molecule has 2 aromatic heterocycles. The fourth-order valence-electron chi connectivity index (χ4n) is 4.65. The summed E-state index contributed by atoms with van der Waals surface area (Å²) in [6.45, 7) is 6.45. The number of hydrogen-bond donors (Lipinski definition) is 1. The number of methoxy groups -OCH3 is 1. The van der Waals surface area contributed by atoms with Crippen molar-refractivity contribution < 1.29 is 18.7 Å². The van der Waals surface area contributed by atoms with Crippen molar-refractivity contribution in [2.24, 2.45) is 0 Å². The summed E-state index contributed by atoms with van der Waals surface area (Å²) in [6.07, 6.45) is 5.09. The first-order valence-electron chi connectivity index (χ1n) is 12.2. The highest BCUT2D eigenvalue weighted by molar-refractivity contribution is 6.09. The topological polar surface area (TPSA) is 73.6 Å². The number of nitrogens with one attached hydrogen (secondary N) is 1. The average Bonchev–Trinajstić information content (AvgIpc) is 3.34. The third-order valence-corrected chi connectivity index (χ3v) is 6.40. The van der Waals surface area contributed by atoms with Crippen molar-refractivity contribution in [3.8, 4) is 22.6 Å². The van der Waals surface area contributed by atoms with Gasteiger partial charge in [0.1, 0.15) is 17.1 Å². The minimum absolute atomic E-state index is 0.229. The predicted octanol–water partition coefficient (Wildman–Crippen LogP) is 7.41. The number of carbonyl (C=O) groups excluding carboxylic acids is 1. The molecule has 0 unspecified atom stereocenters. The van der Waals surface area contributed by atoms with Crippen LogP contribution in [0.1, 0.15) is 25.0 Å². The van der Waals surface area contributed by atoms with Gasteiger partial charge >= 0.3 is 0 Å². The Labute approximate surface area is 215 Å². The molecule has 0 aliphatic carbocycles. The lowest BCUT2D eigenvalue weighted by atomic mass is 9.96. The van der Waals surface area contributed by atoms with Crippen LogP contribution < -0.4 is 14.8 Å². The van der Waals surface area contributed by atoms with Gasteiger partial charge in [-0.2, -0.15) is 0 Å². The number of fused-ring (bicyclic) bond motifs is 2. The van der Waals surface area contributed by atoms with Gasteiger partial charge in [-0.1, -0.05) is 18.2 Å². The van der Waals surface area contributed by atoms with Crippen molar-refractivity contribution in [3.05, 3.63) is 90.3 Å². The van der Waals surface area contributed by atoms with Gasteiger partial charge in [-0.15, -0.1) is 0 Å². The third-order valence-electron chi connectivity index (χ3n) is 6.40. The number of nitrogens with zero attached hydrogens (tertiary/aromatic N) is 1. The average molecular weight is 493 g/mol. The maximum atomic E-state index is 13.0. The molecule has 0 saturated heterocycles. The Bertz CT molecular complexity index is 1630. The van der Waals surface area contributed by atoms with Crippen molar-refractivity contribution in [1.82, 2.24) is 4.98 Å². The second kappa shape index (κ2) is 10.2. The molecule has 0 bridgehead atoms. The summed E-state index contributed by atoms with van der Waals surface area (Å²) in [5.74, 6) is 1.27. The fourth-order valence-corrected chi connectivity index (χ4v) is 4.65. The Kier molecular flexibility index (Phi) is 6.64. The summed E-state index contributed by atoms with van der Waals surface area (Å²) >= 11 is 0. The van der Waals surface area contributed by atoms with E-state index in [2.05, 4.69) is 10.3 Å². The van der Waals surface area contributed by atoms with E-state index in [1.807, 2.05) is 81.4 Å². The Morgan fingerprint density at radius 1 is 1.08 bits per heavy atom. The second-order valence-corrected chi connectivity index (χ2v) is 8.76. The second-order valence-electron chi connectivity index (χ2n) is 8.76. The molecule has 0 saturated carbocycles. The molecule has 1 amide bonds. The van der Waals surface area contributed by atoms with Gasteiger partial charge in [-0.25, -0.2) is 0 Å². The molecule has 186 valence electrons. The van der Waals surface area contributed by atoms with Crippen LogP contribution in [0.2, 0.25) is 0 Å². The smallest absolute Gasteiger partial charge is 0.248 e. The Morgan fingerprint density at radius 2 is 1.89 bits per heavy atom. The van der Waals surface area contributed by atoms with Gasteiger partial charge in [-0.3, -0.25) is 9.78 Å². The van der Waals surface area contributed by atoms with Gasteiger partial charge in [0, 0.05) is 39.7 Å². The van der Waals surface area contributed by atoms with Gasteiger partial charge in [0.2, 0.25) is 5.91 Å². The zero-order chi connectivity index (χ0) is 25.9. The van der Waals surface area contributed by atoms with Crippen molar-refractivity contribution in [2.75, 3.05) is 19.0 Å². The van der Waals surface area contributed by atoms with Crippen LogP contribution in [0, 0.1) is 6.92 Å². The number of rotatable bonds is 7. The van der Waals surface area contributed by atoms with Crippen molar-refractivity contribution >= 4 is 39.0 Å². The highest BCUT2D eigenvalue weighted by Crippen LogP contribution is 2.41. The molecule has 6 heteroatoms. The van der Waals surface area contributed by atoms with Gasteiger partial charge in [0.25, 0.3) is 0 Å². The molecule has 0 aliphatic rings. The van der Waals surface area contributed by atoms with E-state index in [-0.39, 0.29) is 5.91 Å². The lowest BCUT2D eigenvalue weighted by molar-refractivity contribution is -0.111. The minimum Gasteiger partial charge on any atom is -0.496 e. The highest BCUT2D eigenvalue weighted by Gasteiger charge is 2.19. The molecule has 0 aliphatic heterocycles. The molecule has 6 nitrogen and oxygen atoms in total. The summed E-state index contributed by atoms with van der Waals surface area (Å²) in [7, 11) is 1.63. The van der Waals surface area contributed by atoms with Gasteiger partial charge in [0.15, 0.2) is 0 Å². The fraction of sp³-hybridized carbons (Fsp3) is 0.161. The van der Waals surface area contributed by atoms with Crippen LogP contribution in [0.15, 0.2) is 83.6 Å². The van der Waals surface area contributed by atoms with E-state index in [9.17, 15) is 4.79 Å². The molecule has 5 rings (SSSR count). The van der Waals surface area contributed by atoms with Crippen LogP contribution in [0.3, 0.4) is 0 Å². The van der Waals surface area contributed by atoms with Gasteiger partial charge in [0.05, 0.1) is 31.2 Å². The van der Waals surface area contributed by atoms with E-state index in [1.165, 1.54) is 0 Å². The minimum atomic E-state index is -0.229. The zero-order valence-electron chi connectivity index (χ0n) is 21.3. The Morgan fingerprint density at radius 3 is 2.65 bits per heavy atom. The summed E-state index contributed by atoms with van der Waals surface area (Å²) in [4.78, 5) is 17.4. The third kappa shape index (κ3) is 4.66. The number of hydrogen-bond acceptors (Lipinski definition) is 5. The Balaban J connectivity index is 1.52. The van der Waals surface area contributed by atoms with Gasteiger partial charge < -0.3 is 19.2 Å². The van der Waals surface area contributed by atoms with Crippen molar-refractivity contribution in [1.29, 1.82) is 0 Å². The Hall–Kier alpha value is -4.58. The standard InChI is InChI=1S/C31H28N2O4/c1-5-36-22-13-11-21(12-14-22)26-18-37-31-20(3)30(35-4)24(17-25(26)31)19(2)16-29(34)33-28-10-6-9-27-23(28)8-7-15-32-27/h6-18H,5H2,1-4H3,(H,33,34)/b19-16+. The van der Waals surface area contributed by atoms with Crippen LogP contribution in [-0.2, 0) is 4.79 Å². The molecule has 0 fully saturated rings. The number of furan rings is 1. The molecular weight excluding hydrogens is 464 g/mol. The number of aromatic nitrogens is 1. The number of allylic oxidation sites excluding steroid dienone is 1. The first kappa shape index (κ1) is 24.1. The summed E-state index contributed by atoms with van der Waals surface area (Å²) in [5.41, 5.74) is 6.75. The molecule has 0 spiro atoms. The highest BCUT2D eigenvalue weighted by atomic mass is 16.5. The maximum absolute atomic E-state index is 13.0. The number of carbonyl (C=O) groups is 1. The molecule has 1 N–H and O–H groups in total. The predicted molar refractivity (Wildman–Crippen MR) is 148 cm³/mol. The quantitative estimate of drug-likeness (QED) is 0.240. The monoisotopic (exact) mass is 492 g/mol. The normalized spacial score (nSPS) is 11.6. The summed E-state index contributed by atoms with van der Waals surface area (Å²) in [5, 5.41) is 4.83. The van der Waals surface area contributed by atoms with E-state index in [4.69, 9.17) is 13.9 Å². The molecular formula is C31H28N2O4. The molecule has 5 aromatic rings. The molecule has 0 atom stereocenters. The van der Waals surface area contributed by atoms with Crippen LogP contribution in [0.5, 0.6) is 11.5 Å². The lowest BCUT2D eigenvalue weighted by Crippen LogP contribution is -2.09. The van der Waals surface area contributed by atoms with Crippen molar-refractivity contribution in [3.63, 3.8) is 0 Å². The zero-order valence-corrected chi connectivity index (χ0v) is 21.3. The van der Waals surface area contributed by atoms with E-state index in [0.717, 1.165) is 55.4 Å². The number of aryl methyl sites for hydroxylation is 1. The van der Waals surface area contributed by atoms with Crippen LogP contribution in [0.4, 0.5) is 5.69 Å². The first-order valence-corrected chi connectivity index (χ1v) is 12.2. The maximum Gasteiger partial charge on any atom is 0.248 e. The largest absolute Gasteiger partial charge is 0.496 e. The molecule has 0 radical (unpaired) electrons. The van der Waals surface area contributed by atoms with E-state index >= 15 is 0 Å². The first-order chi connectivity index (χ1) is 18.0. The number of anilines is 1. The van der Waals surface area contributed by atoms with Gasteiger partial charge in [-0.05, 0) is 74.4 Å². The summed E-state index contributed by atoms with van der Waals surface area (Å²) < 4.78 is 17.3. The number of benzene rings is 3. The number of amides is 1.